The normalized spacial score (nSPS) is 27.8. The molecule has 4 nitrogen and oxygen atoms in total. The number of nitrogens with zero attached hydrogens (tertiary/aromatic N) is 1. The molecule has 0 bridgehead atoms. The predicted octanol–water partition coefficient (Wildman–Crippen LogP) is 2.06. The van der Waals surface area contributed by atoms with Gasteiger partial charge in [-0.1, -0.05) is 6.07 Å². The van der Waals surface area contributed by atoms with Crippen LogP contribution in [0.3, 0.4) is 0 Å². The van der Waals surface area contributed by atoms with Crippen molar-refractivity contribution in [3.63, 3.8) is 0 Å². The van der Waals surface area contributed by atoms with Gasteiger partial charge in [-0.15, -0.1) is 0 Å². The maximum Gasteiger partial charge on any atom is 0.123 e. The van der Waals surface area contributed by atoms with Crippen molar-refractivity contribution in [3.8, 4) is 11.5 Å². The zero-order valence-corrected chi connectivity index (χ0v) is 11.9. The first-order valence-electron chi connectivity index (χ1n) is 7.69. The van der Waals surface area contributed by atoms with Crippen LogP contribution in [0.1, 0.15) is 31.2 Å². The highest BCUT2D eigenvalue weighted by molar-refractivity contribution is 5.38. The molecular formula is C16H24N2O2. The van der Waals surface area contributed by atoms with Crippen molar-refractivity contribution in [3.05, 3.63) is 23.8 Å². The summed E-state index contributed by atoms with van der Waals surface area (Å²) < 4.78 is 0. The zero-order valence-electron chi connectivity index (χ0n) is 11.9. The van der Waals surface area contributed by atoms with E-state index >= 15 is 0 Å². The van der Waals surface area contributed by atoms with E-state index in [1.807, 2.05) is 6.07 Å². The van der Waals surface area contributed by atoms with E-state index in [0.29, 0.717) is 6.04 Å². The molecule has 1 aromatic carbocycles. The van der Waals surface area contributed by atoms with Crippen LogP contribution >= 0.6 is 0 Å². The molecule has 2 aliphatic heterocycles. The Hall–Kier alpha value is -1.26. The average molecular weight is 276 g/mol. The Morgan fingerprint density at radius 1 is 1.20 bits per heavy atom. The van der Waals surface area contributed by atoms with Crippen LogP contribution in [0.2, 0.25) is 0 Å². The average Bonchev–Trinajstić information content (AvgIpc) is 2.96. The number of piperidine rings is 1. The number of nitrogens with one attached hydrogen (secondary N) is 1. The molecule has 110 valence electrons. The van der Waals surface area contributed by atoms with Crippen LogP contribution in [0.5, 0.6) is 11.5 Å². The minimum Gasteiger partial charge on any atom is -0.508 e. The van der Waals surface area contributed by atoms with E-state index in [1.165, 1.54) is 38.3 Å². The largest absolute Gasteiger partial charge is 0.508 e. The molecule has 3 N–H and O–H groups in total. The number of phenolic OH excluding ortho intramolecular Hbond substituents is 2. The van der Waals surface area contributed by atoms with Crippen molar-refractivity contribution < 1.29 is 10.2 Å². The Kier molecular flexibility index (Phi) is 4.13. The summed E-state index contributed by atoms with van der Waals surface area (Å²) >= 11 is 0. The van der Waals surface area contributed by atoms with Crippen molar-refractivity contribution in [2.24, 2.45) is 5.92 Å². The van der Waals surface area contributed by atoms with Gasteiger partial charge in [0.15, 0.2) is 0 Å². The van der Waals surface area contributed by atoms with Gasteiger partial charge in [-0.2, -0.15) is 0 Å². The fourth-order valence-electron chi connectivity index (χ4n) is 3.60. The van der Waals surface area contributed by atoms with Crippen LogP contribution < -0.4 is 5.32 Å². The first kappa shape index (κ1) is 13.7. The van der Waals surface area contributed by atoms with E-state index in [4.69, 9.17) is 0 Å². The predicted molar refractivity (Wildman–Crippen MR) is 78.8 cm³/mol. The molecule has 2 unspecified atom stereocenters. The first-order chi connectivity index (χ1) is 9.72. The lowest BCUT2D eigenvalue weighted by Gasteiger charge is -2.36. The summed E-state index contributed by atoms with van der Waals surface area (Å²) in [6.07, 6.45) is 5.17. The monoisotopic (exact) mass is 276 g/mol. The molecule has 0 saturated carbocycles. The highest BCUT2D eigenvalue weighted by Gasteiger charge is 2.29. The molecule has 4 heteroatoms. The van der Waals surface area contributed by atoms with Crippen LogP contribution in [0.15, 0.2) is 18.2 Å². The molecule has 2 fully saturated rings. The lowest BCUT2D eigenvalue weighted by Crippen LogP contribution is -2.43. The second-order valence-electron chi connectivity index (χ2n) is 6.15. The number of likely N-dealkylation sites (tertiary alicyclic amines) is 1. The smallest absolute Gasteiger partial charge is 0.123 e. The third-order valence-corrected chi connectivity index (χ3v) is 4.67. The molecule has 0 radical (unpaired) electrons. The highest BCUT2D eigenvalue weighted by Crippen LogP contribution is 2.28. The van der Waals surface area contributed by atoms with Crippen LogP contribution in [0.4, 0.5) is 0 Å². The molecule has 2 heterocycles. The summed E-state index contributed by atoms with van der Waals surface area (Å²) in [7, 11) is 0. The number of hydrogen-bond donors (Lipinski definition) is 3. The minimum absolute atomic E-state index is 0.123. The van der Waals surface area contributed by atoms with Crippen molar-refractivity contribution in [1.82, 2.24) is 10.2 Å². The summed E-state index contributed by atoms with van der Waals surface area (Å²) in [4.78, 5) is 2.43. The van der Waals surface area contributed by atoms with Gasteiger partial charge < -0.3 is 15.5 Å². The number of phenols is 2. The minimum atomic E-state index is 0.123. The maximum atomic E-state index is 9.90. The Morgan fingerprint density at radius 2 is 2.10 bits per heavy atom. The molecule has 2 aliphatic rings. The van der Waals surface area contributed by atoms with Crippen molar-refractivity contribution in [2.45, 2.75) is 38.3 Å². The number of benzene rings is 1. The topological polar surface area (TPSA) is 55.7 Å². The molecule has 3 rings (SSSR count). The second kappa shape index (κ2) is 6.02. The van der Waals surface area contributed by atoms with Crippen LogP contribution in [-0.2, 0) is 6.54 Å². The Bertz CT molecular complexity index is 458. The zero-order chi connectivity index (χ0) is 13.9. The molecule has 2 saturated heterocycles. The van der Waals surface area contributed by atoms with E-state index in [2.05, 4.69) is 10.2 Å². The fraction of sp³-hybridized carbons (Fsp3) is 0.625. The Balaban J connectivity index is 1.62. The van der Waals surface area contributed by atoms with Crippen LogP contribution in [0.25, 0.3) is 0 Å². The summed E-state index contributed by atoms with van der Waals surface area (Å²) in [5, 5.41) is 22.9. The van der Waals surface area contributed by atoms with Gasteiger partial charge in [0.05, 0.1) is 0 Å². The maximum absolute atomic E-state index is 9.90. The fourth-order valence-corrected chi connectivity index (χ4v) is 3.60. The summed E-state index contributed by atoms with van der Waals surface area (Å²) in [6.45, 7) is 4.15. The summed E-state index contributed by atoms with van der Waals surface area (Å²) in [5.41, 5.74) is 0.905. The van der Waals surface area contributed by atoms with Crippen molar-refractivity contribution in [2.75, 3.05) is 19.6 Å². The lowest BCUT2D eigenvalue weighted by molar-refractivity contribution is 0.144. The molecular weight excluding hydrogens is 252 g/mol. The first-order valence-corrected chi connectivity index (χ1v) is 7.69. The third-order valence-electron chi connectivity index (χ3n) is 4.67. The number of hydrogen-bond acceptors (Lipinski definition) is 4. The SMILES string of the molecule is Oc1ccc(CN2CCCC(C3CCCN3)C2)c(O)c1. The van der Waals surface area contributed by atoms with Crippen LogP contribution in [0, 0.1) is 5.92 Å². The van der Waals surface area contributed by atoms with Gasteiger partial charge in [0.1, 0.15) is 11.5 Å². The molecule has 1 aromatic rings. The number of aromatic hydroxyl groups is 2. The van der Waals surface area contributed by atoms with Crippen molar-refractivity contribution >= 4 is 0 Å². The second-order valence-corrected chi connectivity index (χ2v) is 6.15. The molecule has 0 aromatic heterocycles. The molecule has 20 heavy (non-hydrogen) atoms. The molecule has 2 atom stereocenters. The van der Waals surface area contributed by atoms with Gasteiger partial charge in [0, 0.05) is 30.8 Å². The molecule has 0 amide bonds. The van der Waals surface area contributed by atoms with Gasteiger partial charge in [0.25, 0.3) is 0 Å². The van der Waals surface area contributed by atoms with Gasteiger partial charge >= 0.3 is 0 Å². The third kappa shape index (κ3) is 3.07. The summed E-state index contributed by atoms with van der Waals surface area (Å²) in [5.74, 6) is 1.06. The lowest BCUT2D eigenvalue weighted by atomic mass is 9.89. The molecule has 0 aliphatic carbocycles. The van der Waals surface area contributed by atoms with Gasteiger partial charge in [-0.05, 0) is 50.8 Å². The Morgan fingerprint density at radius 3 is 2.85 bits per heavy atom. The molecule has 0 spiro atoms. The van der Waals surface area contributed by atoms with Gasteiger partial charge in [-0.3, -0.25) is 4.90 Å². The summed E-state index contributed by atoms with van der Waals surface area (Å²) in [6, 6.07) is 5.58. The Labute approximate surface area is 120 Å². The van der Waals surface area contributed by atoms with E-state index < -0.39 is 0 Å². The van der Waals surface area contributed by atoms with E-state index in [9.17, 15) is 10.2 Å². The number of rotatable bonds is 3. The standard InChI is InChI=1S/C16H24N2O2/c19-14-6-5-13(16(20)9-14)11-18-8-2-3-12(10-18)15-4-1-7-17-15/h5-6,9,12,15,17,19-20H,1-4,7-8,10-11H2. The quantitative estimate of drug-likeness (QED) is 0.791. The van der Waals surface area contributed by atoms with E-state index in [1.54, 1.807) is 6.07 Å². The van der Waals surface area contributed by atoms with Gasteiger partial charge in [-0.25, -0.2) is 0 Å². The van der Waals surface area contributed by atoms with Crippen molar-refractivity contribution in [1.29, 1.82) is 0 Å². The van der Waals surface area contributed by atoms with Crippen LogP contribution in [-0.4, -0.2) is 40.8 Å². The van der Waals surface area contributed by atoms with E-state index in [0.717, 1.165) is 31.1 Å². The van der Waals surface area contributed by atoms with E-state index in [-0.39, 0.29) is 11.5 Å². The highest BCUT2D eigenvalue weighted by atomic mass is 16.3. The van der Waals surface area contributed by atoms with Gasteiger partial charge in [0.2, 0.25) is 0 Å².